The average Bonchev–Trinajstić information content (AvgIpc) is 3.06. The fourth-order valence-corrected chi connectivity index (χ4v) is 3.33. The van der Waals surface area contributed by atoms with Crippen LogP contribution in [0.2, 0.25) is 0 Å². The molecule has 0 aliphatic carbocycles. The first-order valence-corrected chi connectivity index (χ1v) is 7.24. The largest absolute Gasteiger partial charge is 0.485 e. The molecule has 5 heteroatoms. The summed E-state index contributed by atoms with van der Waals surface area (Å²) < 4.78 is 23.2. The third-order valence-electron chi connectivity index (χ3n) is 4.31. The SMILES string of the molecule is CCOC1CC2(CCNC2)Oc2cc3c(cc21)OCO3. The lowest BCUT2D eigenvalue weighted by Gasteiger charge is -2.39. The van der Waals surface area contributed by atoms with Gasteiger partial charge in [-0.3, -0.25) is 0 Å². The van der Waals surface area contributed by atoms with Crippen LogP contribution in [-0.2, 0) is 4.74 Å². The highest BCUT2D eigenvalue weighted by atomic mass is 16.7. The highest BCUT2D eigenvalue weighted by molar-refractivity contribution is 5.53. The standard InChI is InChI=1S/C15H19NO4/c1-2-17-14-7-15(3-4-16-8-15)20-11-6-13-12(5-10(11)14)18-9-19-13/h5-6,14,16H,2-4,7-9H2,1H3. The summed E-state index contributed by atoms with van der Waals surface area (Å²) in [6, 6.07) is 3.95. The zero-order valence-corrected chi connectivity index (χ0v) is 11.6. The van der Waals surface area contributed by atoms with Gasteiger partial charge in [0.2, 0.25) is 6.79 Å². The smallest absolute Gasteiger partial charge is 0.231 e. The molecule has 2 unspecified atom stereocenters. The van der Waals surface area contributed by atoms with Gasteiger partial charge < -0.3 is 24.3 Å². The lowest BCUT2D eigenvalue weighted by molar-refractivity contribution is -0.0354. The quantitative estimate of drug-likeness (QED) is 0.896. The molecular weight excluding hydrogens is 258 g/mol. The predicted molar refractivity (Wildman–Crippen MR) is 72.4 cm³/mol. The summed E-state index contributed by atoms with van der Waals surface area (Å²) in [7, 11) is 0. The van der Waals surface area contributed by atoms with Gasteiger partial charge in [-0.15, -0.1) is 0 Å². The molecule has 1 spiro atoms. The van der Waals surface area contributed by atoms with E-state index in [9.17, 15) is 0 Å². The Kier molecular flexibility index (Phi) is 2.79. The number of nitrogens with one attached hydrogen (secondary N) is 1. The van der Waals surface area contributed by atoms with Gasteiger partial charge in [-0.1, -0.05) is 0 Å². The summed E-state index contributed by atoms with van der Waals surface area (Å²) in [4.78, 5) is 0. The number of ether oxygens (including phenoxy) is 4. The Morgan fingerprint density at radius 1 is 1.30 bits per heavy atom. The number of benzene rings is 1. The summed E-state index contributed by atoms with van der Waals surface area (Å²) in [6.45, 7) is 4.89. The van der Waals surface area contributed by atoms with E-state index < -0.39 is 0 Å². The lowest BCUT2D eigenvalue weighted by Crippen LogP contribution is -2.43. The fraction of sp³-hybridized carbons (Fsp3) is 0.600. The molecule has 0 bridgehead atoms. The zero-order chi connectivity index (χ0) is 13.6. The Balaban J connectivity index is 1.75. The van der Waals surface area contributed by atoms with E-state index in [0.29, 0.717) is 6.61 Å². The van der Waals surface area contributed by atoms with Crippen molar-refractivity contribution in [3.63, 3.8) is 0 Å². The maximum atomic E-state index is 6.30. The molecule has 108 valence electrons. The van der Waals surface area contributed by atoms with E-state index in [2.05, 4.69) is 5.32 Å². The van der Waals surface area contributed by atoms with E-state index in [-0.39, 0.29) is 18.5 Å². The summed E-state index contributed by atoms with van der Waals surface area (Å²) in [5.41, 5.74) is 0.939. The van der Waals surface area contributed by atoms with Crippen LogP contribution in [-0.4, -0.2) is 32.1 Å². The Morgan fingerprint density at radius 3 is 2.90 bits per heavy atom. The monoisotopic (exact) mass is 277 g/mol. The molecule has 4 rings (SSSR count). The zero-order valence-electron chi connectivity index (χ0n) is 11.6. The summed E-state index contributed by atoms with van der Waals surface area (Å²) >= 11 is 0. The topological polar surface area (TPSA) is 49.0 Å². The number of hydrogen-bond donors (Lipinski definition) is 1. The first kappa shape index (κ1) is 12.3. The van der Waals surface area contributed by atoms with Crippen molar-refractivity contribution in [3.05, 3.63) is 17.7 Å². The van der Waals surface area contributed by atoms with E-state index in [1.165, 1.54) is 0 Å². The molecule has 1 saturated heterocycles. The molecular formula is C15H19NO4. The Morgan fingerprint density at radius 2 is 2.15 bits per heavy atom. The molecule has 20 heavy (non-hydrogen) atoms. The number of fused-ring (bicyclic) bond motifs is 2. The van der Waals surface area contributed by atoms with Gasteiger partial charge >= 0.3 is 0 Å². The van der Waals surface area contributed by atoms with Gasteiger partial charge in [0.05, 0.1) is 6.10 Å². The Hall–Kier alpha value is -1.46. The molecule has 2 atom stereocenters. The molecule has 1 aromatic carbocycles. The van der Waals surface area contributed by atoms with Gasteiger partial charge in [0, 0.05) is 37.6 Å². The number of hydrogen-bond acceptors (Lipinski definition) is 5. The van der Waals surface area contributed by atoms with Crippen LogP contribution in [0.25, 0.3) is 0 Å². The van der Waals surface area contributed by atoms with E-state index in [4.69, 9.17) is 18.9 Å². The third-order valence-corrected chi connectivity index (χ3v) is 4.31. The van der Waals surface area contributed by atoms with E-state index in [0.717, 1.165) is 48.7 Å². The molecule has 0 aromatic heterocycles. The van der Waals surface area contributed by atoms with Crippen molar-refractivity contribution >= 4 is 0 Å². The minimum atomic E-state index is -0.138. The molecule has 1 fully saturated rings. The van der Waals surface area contributed by atoms with Gasteiger partial charge in [0.1, 0.15) is 11.4 Å². The molecule has 5 nitrogen and oxygen atoms in total. The van der Waals surface area contributed by atoms with E-state index in [1.807, 2.05) is 19.1 Å². The molecule has 0 radical (unpaired) electrons. The maximum absolute atomic E-state index is 6.30. The minimum Gasteiger partial charge on any atom is -0.485 e. The lowest BCUT2D eigenvalue weighted by atomic mass is 9.88. The van der Waals surface area contributed by atoms with Crippen molar-refractivity contribution in [2.75, 3.05) is 26.5 Å². The molecule has 0 saturated carbocycles. The van der Waals surface area contributed by atoms with Crippen molar-refractivity contribution in [1.82, 2.24) is 5.32 Å². The van der Waals surface area contributed by atoms with E-state index in [1.54, 1.807) is 0 Å². The van der Waals surface area contributed by atoms with Crippen molar-refractivity contribution in [3.8, 4) is 17.2 Å². The molecule has 3 aliphatic heterocycles. The van der Waals surface area contributed by atoms with Crippen molar-refractivity contribution in [1.29, 1.82) is 0 Å². The van der Waals surface area contributed by atoms with E-state index >= 15 is 0 Å². The normalized spacial score (nSPS) is 30.4. The summed E-state index contributed by atoms with van der Waals surface area (Å²) in [5, 5.41) is 3.39. The van der Waals surface area contributed by atoms with Crippen LogP contribution in [0.1, 0.15) is 31.4 Å². The third kappa shape index (κ3) is 1.84. The van der Waals surface area contributed by atoms with Gasteiger partial charge in [-0.05, 0) is 19.5 Å². The predicted octanol–water partition coefficient (Wildman–Crippen LogP) is 2.01. The van der Waals surface area contributed by atoms with Gasteiger partial charge in [0.25, 0.3) is 0 Å². The van der Waals surface area contributed by atoms with Gasteiger partial charge in [-0.2, -0.15) is 0 Å². The second-order valence-electron chi connectivity index (χ2n) is 5.60. The molecule has 1 aromatic rings. The van der Waals surface area contributed by atoms with Crippen molar-refractivity contribution < 1.29 is 18.9 Å². The van der Waals surface area contributed by atoms with Crippen LogP contribution in [0.5, 0.6) is 17.2 Å². The summed E-state index contributed by atoms with van der Waals surface area (Å²) in [5.74, 6) is 2.43. The Bertz CT molecular complexity index is 525. The van der Waals surface area contributed by atoms with Gasteiger partial charge in [-0.25, -0.2) is 0 Å². The fourth-order valence-electron chi connectivity index (χ4n) is 3.33. The molecule has 3 heterocycles. The maximum Gasteiger partial charge on any atom is 0.231 e. The first-order chi connectivity index (χ1) is 9.80. The number of rotatable bonds is 2. The molecule has 0 amide bonds. The van der Waals surface area contributed by atoms with Crippen LogP contribution in [0.3, 0.4) is 0 Å². The molecule has 1 N–H and O–H groups in total. The van der Waals surface area contributed by atoms with Crippen LogP contribution >= 0.6 is 0 Å². The van der Waals surface area contributed by atoms with Crippen molar-refractivity contribution in [2.24, 2.45) is 0 Å². The van der Waals surface area contributed by atoms with Crippen LogP contribution in [0.15, 0.2) is 12.1 Å². The highest BCUT2D eigenvalue weighted by Gasteiger charge is 2.44. The summed E-state index contributed by atoms with van der Waals surface area (Å²) in [6.07, 6.45) is 1.98. The molecule has 3 aliphatic rings. The second kappa shape index (κ2) is 4.53. The Labute approximate surface area is 118 Å². The first-order valence-electron chi connectivity index (χ1n) is 7.24. The van der Waals surface area contributed by atoms with Gasteiger partial charge in [0.15, 0.2) is 11.5 Å². The minimum absolute atomic E-state index is 0.0677. The van der Waals surface area contributed by atoms with Crippen molar-refractivity contribution in [2.45, 2.75) is 31.5 Å². The average molecular weight is 277 g/mol. The van der Waals surface area contributed by atoms with Crippen LogP contribution in [0.4, 0.5) is 0 Å². The van der Waals surface area contributed by atoms with Crippen LogP contribution in [0, 0.1) is 0 Å². The van der Waals surface area contributed by atoms with Crippen LogP contribution < -0.4 is 19.5 Å². The highest BCUT2D eigenvalue weighted by Crippen LogP contribution is 2.48. The second-order valence-corrected chi connectivity index (χ2v) is 5.60.